The van der Waals surface area contributed by atoms with Gasteiger partial charge in [0, 0.05) is 12.2 Å². The molecular weight excluding hydrogens is 183 g/mol. The summed E-state index contributed by atoms with van der Waals surface area (Å²) in [7, 11) is 0. The zero-order valence-corrected chi connectivity index (χ0v) is 7.78. The van der Waals surface area contributed by atoms with Crippen molar-refractivity contribution in [2.24, 2.45) is 0 Å². The normalized spacial score (nSPS) is 11.1. The van der Waals surface area contributed by atoms with Crippen molar-refractivity contribution in [3.63, 3.8) is 0 Å². The average molecular weight is 196 g/mol. The molecule has 0 fully saturated rings. The van der Waals surface area contributed by atoms with Crippen LogP contribution in [0.4, 0.5) is 4.39 Å². The van der Waals surface area contributed by atoms with Crippen molar-refractivity contribution in [2.75, 3.05) is 6.61 Å². The number of benzene rings is 1. The Balaban J connectivity index is 2.78. The molecule has 0 aliphatic rings. The monoisotopic (exact) mass is 196 g/mol. The molecule has 0 unspecified atom stereocenters. The van der Waals surface area contributed by atoms with Gasteiger partial charge in [-0.3, -0.25) is 0 Å². The molecular formula is C11H13FO2. The Hall–Kier alpha value is -1.19. The Labute approximate surface area is 82.3 Å². The van der Waals surface area contributed by atoms with E-state index in [0.29, 0.717) is 17.5 Å². The molecule has 0 amide bonds. The van der Waals surface area contributed by atoms with E-state index in [1.165, 1.54) is 6.07 Å². The van der Waals surface area contributed by atoms with Gasteiger partial charge in [0.1, 0.15) is 5.82 Å². The van der Waals surface area contributed by atoms with Crippen molar-refractivity contribution in [3.8, 4) is 0 Å². The van der Waals surface area contributed by atoms with Gasteiger partial charge in [0.05, 0.1) is 6.61 Å². The number of halogens is 1. The summed E-state index contributed by atoms with van der Waals surface area (Å²) in [5.74, 6) is -0.356. The Kier molecular flexibility index (Phi) is 4.29. The topological polar surface area (TPSA) is 40.5 Å². The van der Waals surface area contributed by atoms with E-state index in [1.807, 2.05) is 0 Å². The third-order valence-corrected chi connectivity index (χ3v) is 1.84. The number of aliphatic hydroxyl groups is 2. The number of hydrogen-bond donors (Lipinski definition) is 2. The second kappa shape index (κ2) is 5.52. The first-order valence-corrected chi connectivity index (χ1v) is 4.44. The van der Waals surface area contributed by atoms with Crippen LogP contribution in [0.3, 0.4) is 0 Å². The number of rotatable bonds is 4. The third kappa shape index (κ3) is 2.94. The van der Waals surface area contributed by atoms with E-state index in [2.05, 4.69) is 0 Å². The maximum Gasteiger partial charge on any atom is 0.130 e. The number of hydrogen-bond acceptors (Lipinski definition) is 2. The molecule has 0 radical (unpaired) electrons. The van der Waals surface area contributed by atoms with E-state index in [4.69, 9.17) is 10.2 Å². The van der Waals surface area contributed by atoms with Crippen molar-refractivity contribution < 1.29 is 14.6 Å². The lowest BCUT2D eigenvalue weighted by Crippen LogP contribution is -1.88. The van der Waals surface area contributed by atoms with Crippen molar-refractivity contribution in [3.05, 3.63) is 41.2 Å². The Morgan fingerprint density at radius 3 is 2.64 bits per heavy atom. The fraction of sp³-hybridized carbons (Fsp3) is 0.273. The van der Waals surface area contributed by atoms with Crippen molar-refractivity contribution in [1.29, 1.82) is 0 Å². The fourth-order valence-corrected chi connectivity index (χ4v) is 1.09. The summed E-state index contributed by atoms with van der Waals surface area (Å²) >= 11 is 0. The second-order valence-electron chi connectivity index (χ2n) is 2.93. The molecule has 14 heavy (non-hydrogen) atoms. The summed E-state index contributed by atoms with van der Waals surface area (Å²) in [6.07, 6.45) is 3.84. The fourth-order valence-electron chi connectivity index (χ4n) is 1.09. The third-order valence-electron chi connectivity index (χ3n) is 1.84. The zero-order valence-electron chi connectivity index (χ0n) is 7.78. The highest BCUT2D eigenvalue weighted by atomic mass is 19.1. The predicted molar refractivity (Wildman–Crippen MR) is 53.1 cm³/mol. The van der Waals surface area contributed by atoms with Crippen LogP contribution in [0.1, 0.15) is 17.5 Å². The van der Waals surface area contributed by atoms with Gasteiger partial charge in [0.25, 0.3) is 0 Å². The summed E-state index contributed by atoms with van der Waals surface area (Å²) in [5.41, 5.74) is 1.03. The summed E-state index contributed by atoms with van der Waals surface area (Å²) in [6.45, 7) is -0.0929. The Morgan fingerprint density at radius 2 is 2.07 bits per heavy atom. The van der Waals surface area contributed by atoms with Crippen LogP contribution in [0, 0.1) is 5.82 Å². The van der Waals surface area contributed by atoms with E-state index in [1.54, 1.807) is 24.3 Å². The second-order valence-corrected chi connectivity index (χ2v) is 2.93. The molecule has 1 aromatic carbocycles. The van der Waals surface area contributed by atoms with Crippen LogP contribution in [-0.2, 0) is 6.61 Å². The van der Waals surface area contributed by atoms with E-state index in [-0.39, 0.29) is 19.0 Å². The first-order valence-electron chi connectivity index (χ1n) is 4.44. The molecule has 0 aromatic heterocycles. The van der Waals surface area contributed by atoms with Crippen molar-refractivity contribution in [2.45, 2.75) is 13.0 Å². The molecule has 3 heteroatoms. The lowest BCUT2D eigenvalue weighted by atomic mass is 10.1. The first-order chi connectivity index (χ1) is 6.77. The van der Waals surface area contributed by atoms with Gasteiger partial charge in [-0.15, -0.1) is 0 Å². The van der Waals surface area contributed by atoms with E-state index < -0.39 is 0 Å². The SMILES string of the molecule is OCCC=Cc1ccc(CO)cc1F. The first kappa shape index (κ1) is 10.9. The molecule has 0 saturated heterocycles. The molecule has 2 nitrogen and oxygen atoms in total. The lowest BCUT2D eigenvalue weighted by Gasteiger charge is -1.99. The summed E-state index contributed by atoms with van der Waals surface area (Å²) < 4.78 is 13.2. The van der Waals surface area contributed by atoms with Crippen LogP contribution in [-0.4, -0.2) is 16.8 Å². The minimum Gasteiger partial charge on any atom is -0.396 e. The largest absolute Gasteiger partial charge is 0.396 e. The molecule has 0 bridgehead atoms. The van der Waals surface area contributed by atoms with Gasteiger partial charge in [0.15, 0.2) is 0 Å². The summed E-state index contributed by atoms with van der Waals surface area (Å²) in [4.78, 5) is 0. The van der Waals surface area contributed by atoms with Gasteiger partial charge in [0.2, 0.25) is 0 Å². The van der Waals surface area contributed by atoms with E-state index >= 15 is 0 Å². The van der Waals surface area contributed by atoms with Crippen LogP contribution in [0.25, 0.3) is 6.08 Å². The van der Waals surface area contributed by atoms with Gasteiger partial charge in [-0.1, -0.05) is 24.3 Å². The minimum absolute atomic E-state index is 0.0623. The quantitative estimate of drug-likeness (QED) is 0.769. The van der Waals surface area contributed by atoms with Gasteiger partial charge in [-0.05, 0) is 18.1 Å². The predicted octanol–water partition coefficient (Wildman–Crippen LogP) is 1.71. The molecule has 1 aromatic rings. The highest BCUT2D eigenvalue weighted by Crippen LogP contribution is 2.12. The molecule has 76 valence electrons. The zero-order chi connectivity index (χ0) is 10.4. The lowest BCUT2D eigenvalue weighted by molar-refractivity contribution is 0.281. The minimum atomic E-state index is -0.356. The van der Waals surface area contributed by atoms with E-state index in [9.17, 15) is 4.39 Å². The van der Waals surface area contributed by atoms with Crippen LogP contribution < -0.4 is 0 Å². The van der Waals surface area contributed by atoms with Crippen molar-refractivity contribution in [1.82, 2.24) is 0 Å². The summed E-state index contributed by atoms with van der Waals surface area (Å²) in [6, 6.07) is 4.58. The standard InChI is InChI=1S/C11H13FO2/c12-11-7-9(8-14)4-5-10(11)3-1-2-6-13/h1,3-5,7,13-14H,2,6,8H2. The van der Waals surface area contributed by atoms with Gasteiger partial charge < -0.3 is 10.2 Å². The molecule has 0 saturated carbocycles. The number of aliphatic hydroxyl groups excluding tert-OH is 2. The van der Waals surface area contributed by atoms with Crippen LogP contribution in [0.15, 0.2) is 24.3 Å². The smallest absolute Gasteiger partial charge is 0.130 e. The Bertz CT molecular complexity index is 321. The molecule has 0 spiro atoms. The van der Waals surface area contributed by atoms with Gasteiger partial charge in [-0.25, -0.2) is 4.39 Å². The molecule has 0 aliphatic heterocycles. The van der Waals surface area contributed by atoms with Crippen LogP contribution in [0.5, 0.6) is 0 Å². The molecule has 1 rings (SSSR count). The Morgan fingerprint density at radius 1 is 1.29 bits per heavy atom. The van der Waals surface area contributed by atoms with E-state index in [0.717, 1.165) is 0 Å². The maximum atomic E-state index is 13.2. The van der Waals surface area contributed by atoms with Crippen LogP contribution >= 0.6 is 0 Å². The highest BCUT2D eigenvalue weighted by molar-refractivity contribution is 5.50. The molecule has 0 aliphatic carbocycles. The summed E-state index contributed by atoms with van der Waals surface area (Å²) in [5, 5.41) is 17.3. The molecule has 2 N–H and O–H groups in total. The molecule has 0 atom stereocenters. The van der Waals surface area contributed by atoms with Crippen molar-refractivity contribution >= 4 is 6.08 Å². The van der Waals surface area contributed by atoms with Gasteiger partial charge >= 0.3 is 0 Å². The maximum absolute atomic E-state index is 13.2. The van der Waals surface area contributed by atoms with Gasteiger partial charge in [-0.2, -0.15) is 0 Å². The average Bonchev–Trinajstić information content (AvgIpc) is 2.20. The van der Waals surface area contributed by atoms with Crippen LogP contribution in [0.2, 0.25) is 0 Å². The molecule has 0 heterocycles. The highest BCUT2D eigenvalue weighted by Gasteiger charge is 1.99.